The minimum Gasteiger partial charge on any atom is -0.327 e. The SMILES string of the molecule is CCc1ccccc1N1C(=O)/C(=C\c2cc(Br)cs2)NC1=S. The van der Waals surface area contributed by atoms with Crippen LogP contribution < -0.4 is 10.2 Å². The van der Waals surface area contributed by atoms with Gasteiger partial charge in [-0.05, 0) is 58.3 Å². The van der Waals surface area contributed by atoms with Crippen LogP contribution in [0.4, 0.5) is 5.69 Å². The van der Waals surface area contributed by atoms with Gasteiger partial charge in [-0.15, -0.1) is 11.3 Å². The molecule has 1 saturated heterocycles. The molecule has 2 heterocycles. The van der Waals surface area contributed by atoms with Gasteiger partial charge in [0, 0.05) is 14.7 Å². The molecule has 1 N–H and O–H groups in total. The Morgan fingerprint density at radius 2 is 2.18 bits per heavy atom. The van der Waals surface area contributed by atoms with E-state index in [0.29, 0.717) is 10.8 Å². The van der Waals surface area contributed by atoms with Gasteiger partial charge in [0.15, 0.2) is 5.11 Å². The second-order valence-electron chi connectivity index (χ2n) is 4.78. The first-order chi connectivity index (χ1) is 10.6. The lowest BCUT2D eigenvalue weighted by atomic mass is 10.1. The highest BCUT2D eigenvalue weighted by molar-refractivity contribution is 9.10. The molecule has 0 bridgehead atoms. The van der Waals surface area contributed by atoms with E-state index in [4.69, 9.17) is 12.2 Å². The smallest absolute Gasteiger partial charge is 0.281 e. The van der Waals surface area contributed by atoms with Gasteiger partial charge < -0.3 is 5.32 Å². The number of halogens is 1. The minimum absolute atomic E-state index is 0.115. The molecule has 1 amide bonds. The number of thiophene rings is 1. The van der Waals surface area contributed by atoms with E-state index in [1.165, 1.54) is 0 Å². The van der Waals surface area contributed by atoms with E-state index in [0.717, 1.165) is 27.0 Å². The fourth-order valence-electron chi connectivity index (χ4n) is 2.33. The summed E-state index contributed by atoms with van der Waals surface area (Å²) in [7, 11) is 0. The Hall–Kier alpha value is -1.50. The summed E-state index contributed by atoms with van der Waals surface area (Å²) in [5.41, 5.74) is 2.45. The highest BCUT2D eigenvalue weighted by Crippen LogP contribution is 2.28. The number of nitrogens with one attached hydrogen (secondary N) is 1. The molecular formula is C16H13BrN2OS2. The number of hydrogen-bond donors (Lipinski definition) is 1. The molecule has 0 saturated carbocycles. The number of para-hydroxylation sites is 1. The lowest BCUT2D eigenvalue weighted by Gasteiger charge is -2.17. The molecule has 1 aromatic heterocycles. The molecule has 2 aromatic rings. The van der Waals surface area contributed by atoms with Crippen molar-refractivity contribution in [3.8, 4) is 0 Å². The highest BCUT2D eigenvalue weighted by atomic mass is 79.9. The maximum atomic E-state index is 12.7. The molecule has 22 heavy (non-hydrogen) atoms. The fraction of sp³-hybridized carbons (Fsp3) is 0.125. The third-order valence-corrected chi connectivity index (χ3v) is 5.29. The molecule has 3 nitrogen and oxygen atoms in total. The number of benzene rings is 1. The van der Waals surface area contributed by atoms with Crippen LogP contribution >= 0.6 is 39.5 Å². The summed E-state index contributed by atoms with van der Waals surface area (Å²) in [4.78, 5) is 15.3. The Bertz CT molecular complexity index is 782. The van der Waals surface area contributed by atoms with Crippen LogP contribution in [0.3, 0.4) is 0 Å². The molecule has 112 valence electrons. The summed E-state index contributed by atoms with van der Waals surface area (Å²) in [5.74, 6) is -0.115. The van der Waals surface area contributed by atoms with Crippen LogP contribution in [0, 0.1) is 0 Å². The van der Waals surface area contributed by atoms with Crippen molar-refractivity contribution in [2.24, 2.45) is 0 Å². The molecule has 0 radical (unpaired) electrons. The van der Waals surface area contributed by atoms with Gasteiger partial charge in [0.05, 0.1) is 5.69 Å². The predicted molar refractivity (Wildman–Crippen MR) is 99.0 cm³/mol. The van der Waals surface area contributed by atoms with E-state index in [2.05, 4.69) is 28.2 Å². The standard InChI is InChI=1S/C16H13BrN2OS2/c1-2-10-5-3-4-6-14(10)19-15(20)13(18-16(19)21)8-12-7-11(17)9-22-12/h3-9H,2H2,1H3,(H,18,21)/b13-8+. The Morgan fingerprint density at radius 1 is 1.41 bits per heavy atom. The fourth-order valence-corrected chi connectivity index (χ4v) is 4.00. The number of rotatable bonds is 3. The van der Waals surface area contributed by atoms with Crippen LogP contribution in [0.25, 0.3) is 6.08 Å². The van der Waals surface area contributed by atoms with E-state index in [1.54, 1.807) is 16.2 Å². The zero-order valence-corrected chi connectivity index (χ0v) is 15.0. The molecule has 1 aliphatic rings. The summed E-state index contributed by atoms with van der Waals surface area (Å²) in [6, 6.07) is 9.80. The van der Waals surface area contributed by atoms with Gasteiger partial charge in [-0.3, -0.25) is 9.69 Å². The highest BCUT2D eigenvalue weighted by Gasteiger charge is 2.32. The van der Waals surface area contributed by atoms with Crippen molar-refractivity contribution in [1.29, 1.82) is 0 Å². The van der Waals surface area contributed by atoms with Gasteiger partial charge in [-0.1, -0.05) is 25.1 Å². The molecule has 6 heteroatoms. The van der Waals surface area contributed by atoms with E-state index >= 15 is 0 Å². The third-order valence-electron chi connectivity index (χ3n) is 3.37. The molecule has 0 unspecified atom stereocenters. The number of nitrogens with zero attached hydrogens (tertiary/aromatic N) is 1. The van der Waals surface area contributed by atoms with Gasteiger partial charge in [-0.25, -0.2) is 0 Å². The lowest BCUT2D eigenvalue weighted by molar-refractivity contribution is -0.113. The zero-order chi connectivity index (χ0) is 15.7. The van der Waals surface area contributed by atoms with Crippen LogP contribution in [-0.4, -0.2) is 11.0 Å². The average molecular weight is 393 g/mol. The first-order valence-corrected chi connectivity index (χ1v) is 8.87. The van der Waals surface area contributed by atoms with Crippen LogP contribution in [0.15, 0.2) is 45.9 Å². The third kappa shape index (κ3) is 2.86. The van der Waals surface area contributed by atoms with Gasteiger partial charge in [0.1, 0.15) is 5.70 Å². The molecule has 1 aliphatic heterocycles. The maximum absolute atomic E-state index is 12.7. The summed E-state index contributed by atoms with van der Waals surface area (Å²) in [6.07, 6.45) is 2.68. The lowest BCUT2D eigenvalue weighted by Crippen LogP contribution is -2.31. The molecule has 3 rings (SSSR count). The molecule has 1 aromatic carbocycles. The summed E-state index contributed by atoms with van der Waals surface area (Å²) < 4.78 is 1.01. The van der Waals surface area contributed by atoms with Crippen LogP contribution in [0.2, 0.25) is 0 Å². The van der Waals surface area contributed by atoms with Crippen molar-refractivity contribution >= 4 is 62.3 Å². The Labute approximate surface area is 146 Å². The van der Waals surface area contributed by atoms with Crippen molar-refractivity contribution in [3.05, 3.63) is 56.3 Å². The van der Waals surface area contributed by atoms with E-state index in [1.807, 2.05) is 41.8 Å². The number of carbonyl (C=O) groups is 1. The number of anilines is 1. The van der Waals surface area contributed by atoms with E-state index in [9.17, 15) is 4.79 Å². The Balaban J connectivity index is 1.97. The van der Waals surface area contributed by atoms with Crippen LogP contribution in [0.1, 0.15) is 17.4 Å². The Morgan fingerprint density at radius 3 is 2.86 bits per heavy atom. The zero-order valence-electron chi connectivity index (χ0n) is 11.8. The second kappa shape index (κ2) is 6.32. The van der Waals surface area contributed by atoms with Gasteiger partial charge in [0.25, 0.3) is 5.91 Å². The van der Waals surface area contributed by atoms with Crippen molar-refractivity contribution in [2.75, 3.05) is 4.90 Å². The number of hydrogen-bond acceptors (Lipinski definition) is 3. The molecule has 0 atom stereocenters. The quantitative estimate of drug-likeness (QED) is 0.622. The van der Waals surface area contributed by atoms with Gasteiger partial charge in [-0.2, -0.15) is 0 Å². The van der Waals surface area contributed by atoms with E-state index in [-0.39, 0.29) is 5.91 Å². The molecule has 0 aliphatic carbocycles. The van der Waals surface area contributed by atoms with Crippen molar-refractivity contribution in [1.82, 2.24) is 5.32 Å². The number of thiocarbonyl (C=S) groups is 1. The van der Waals surface area contributed by atoms with Crippen molar-refractivity contribution in [3.63, 3.8) is 0 Å². The summed E-state index contributed by atoms with van der Waals surface area (Å²) >= 11 is 10.3. The first-order valence-electron chi connectivity index (χ1n) is 6.79. The average Bonchev–Trinajstić information content (AvgIpc) is 3.03. The number of aryl methyl sites for hydroxylation is 1. The van der Waals surface area contributed by atoms with E-state index < -0.39 is 0 Å². The number of carbonyl (C=O) groups excluding carboxylic acids is 1. The van der Waals surface area contributed by atoms with Gasteiger partial charge >= 0.3 is 0 Å². The number of amides is 1. The molecular weight excluding hydrogens is 380 g/mol. The van der Waals surface area contributed by atoms with Gasteiger partial charge in [0.2, 0.25) is 0 Å². The predicted octanol–water partition coefficient (Wildman–Crippen LogP) is 4.34. The first kappa shape index (κ1) is 15.4. The normalized spacial score (nSPS) is 16.5. The van der Waals surface area contributed by atoms with Crippen molar-refractivity contribution in [2.45, 2.75) is 13.3 Å². The Kier molecular flexibility index (Phi) is 4.42. The monoisotopic (exact) mass is 392 g/mol. The summed E-state index contributed by atoms with van der Waals surface area (Å²) in [6.45, 7) is 2.07. The largest absolute Gasteiger partial charge is 0.327 e. The molecule has 0 spiro atoms. The van der Waals surface area contributed by atoms with Crippen molar-refractivity contribution < 1.29 is 4.79 Å². The van der Waals surface area contributed by atoms with Crippen LogP contribution in [-0.2, 0) is 11.2 Å². The second-order valence-corrected chi connectivity index (χ2v) is 7.02. The summed E-state index contributed by atoms with van der Waals surface area (Å²) in [5, 5.41) is 5.43. The topological polar surface area (TPSA) is 32.3 Å². The minimum atomic E-state index is -0.115. The molecule has 1 fully saturated rings. The maximum Gasteiger partial charge on any atom is 0.281 e. The van der Waals surface area contributed by atoms with Crippen LogP contribution in [0.5, 0.6) is 0 Å².